The Labute approximate surface area is 96.2 Å². The number of hydrogen-bond acceptors (Lipinski definition) is 3. The van der Waals surface area contributed by atoms with E-state index in [-0.39, 0.29) is 23.8 Å². The lowest BCUT2D eigenvalue weighted by atomic mass is 10.1. The number of rotatable bonds is 4. The molecule has 1 amide bonds. The van der Waals surface area contributed by atoms with E-state index >= 15 is 0 Å². The maximum atomic E-state index is 12.1. The van der Waals surface area contributed by atoms with Crippen LogP contribution in [-0.4, -0.2) is 46.1 Å². The largest absolute Gasteiger partial charge is 0.395 e. The Morgan fingerprint density at radius 2 is 2.27 bits per heavy atom. The van der Waals surface area contributed by atoms with Gasteiger partial charge in [0.05, 0.1) is 11.9 Å². The second-order valence-electron chi connectivity index (χ2n) is 4.20. The topological polar surface area (TPSA) is 40.5 Å². The first-order valence-electron chi connectivity index (χ1n) is 5.69. The van der Waals surface area contributed by atoms with Crippen LogP contribution in [0, 0.1) is 0 Å². The Morgan fingerprint density at radius 3 is 2.73 bits per heavy atom. The first-order chi connectivity index (χ1) is 7.16. The number of carbonyl (C=O) groups is 1. The molecule has 3 nitrogen and oxygen atoms in total. The summed E-state index contributed by atoms with van der Waals surface area (Å²) in [5.41, 5.74) is 0. The Bertz CT molecular complexity index is 203. The quantitative estimate of drug-likeness (QED) is 0.797. The minimum Gasteiger partial charge on any atom is -0.395 e. The number of thioether (sulfide) groups is 1. The van der Waals surface area contributed by atoms with Crippen LogP contribution in [0.4, 0.5) is 0 Å². The molecule has 0 aromatic heterocycles. The van der Waals surface area contributed by atoms with Gasteiger partial charge in [-0.15, -0.1) is 11.8 Å². The van der Waals surface area contributed by atoms with Crippen LogP contribution in [0.2, 0.25) is 0 Å². The maximum Gasteiger partial charge on any atom is 0.235 e. The van der Waals surface area contributed by atoms with Gasteiger partial charge < -0.3 is 10.0 Å². The van der Waals surface area contributed by atoms with E-state index in [0.717, 1.165) is 18.6 Å². The molecule has 0 aliphatic carbocycles. The van der Waals surface area contributed by atoms with E-state index in [2.05, 4.69) is 0 Å². The van der Waals surface area contributed by atoms with Crippen LogP contribution >= 0.6 is 11.8 Å². The number of nitrogens with zero attached hydrogens (tertiary/aromatic N) is 1. The van der Waals surface area contributed by atoms with E-state index in [4.69, 9.17) is 5.11 Å². The molecule has 0 radical (unpaired) electrons. The summed E-state index contributed by atoms with van der Waals surface area (Å²) in [6.07, 6.45) is 3.39. The van der Waals surface area contributed by atoms with Gasteiger partial charge in [0, 0.05) is 12.6 Å². The summed E-state index contributed by atoms with van der Waals surface area (Å²) in [6.45, 7) is 4.52. The molecule has 1 rings (SSSR count). The summed E-state index contributed by atoms with van der Waals surface area (Å²) in [5, 5.41) is 9.06. The van der Waals surface area contributed by atoms with Gasteiger partial charge in [-0.3, -0.25) is 4.79 Å². The summed E-state index contributed by atoms with van der Waals surface area (Å²) in [7, 11) is 0. The highest BCUT2D eigenvalue weighted by Gasteiger charge is 2.27. The normalized spacial score (nSPS) is 21.7. The van der Waals surface area contributed by atoms with Crippen LogP contribution in [-0.2, 0) is 4.79 Å². The molecule has 0 spiro atoms. The molecule has 0 bridgehead atoms. The number of aliphatic hydroxyl groups excluding tert-OH is 1. The molecular formula is C11H21NO2S. The fraction of sp³-hybridized carbons (Fsp3) is 0.909. The molecule has 1 aliphatic heterocycles. The predicted molar refractivity (Wildman–Crippen MR) is 64.0 cm³/mol. The lowest BCUT2D eigenvalue weighted by molar-refractivity contribution is -0.133. The summed E-state index contributed by atoms with van der Waals surface area (Å²) >= 11 is 1.77. The molecule has 1 heterocycles. The van der Waals surface area contributed by atoms with Crippen molar-refractivity contribution in [1.29, 1.82) is 0 Å². The van der Waals surface area contributed by atoms with Crippen LogP contribution < -0.4 is 0 Å². The zero-order chi connectivity index (χ0) is 11.3. The molecule has 1 unspecified atom stereocenters. The van der Waals surface area contributed by atoms with Gasteiger partial charge >= 0.3 is 0 Å². The van der Waals surface area contributed by atoms with Crippen LogP contribution in [0.25, 0.3) is 0 Å². The highest BCUT2D eigenvalue weighted by molar-refractivity contribution is 8.00. The predicted octanol–water partition coefficient (Wildman–Crippen LogP) is 1.50. The molecule has 0 saturated carbocycles. The van der Waals surface area contributed by atoms with Crippen molar-refractivity contribution in [1.82, 2.24) is 4.90 Å². The SMILES string of the molecule is CC(C)N(CCO)C(=O)C1CCCCS1. The van der Waals surface area contributed by atoms with Crippen molar-refractivity contribution in [2.24, 2.45) is 0 Å². The van der Waals surface area contributed by atoms with E-state index in [0.29, 0.717) is 6.54 Å². The number of amides is 1. The molecule has 1 aliphatic rings. The molecule has 4 heteroatoms. The minimum absolute atomic E-state index is 0.0569. The monoisotopic (exact) mass is 231 g/mol. The van der Waals surface area contributed by atoms with Crippen molar-refractivity contribution in [3.8, 4) is 0 Å². The standard InChI is InChI=1S/C11H21NO2S/c1-9(2)12(6-7-13)11(14)10-5-3-4-8-15-10/h9-10,13H,3-8H2,1-2H3. The van der Waals surface area contributed by atoms with Gasteiger partial charge in [-0.1, -0.05) is 6.42 Å². The first-order valence-corrected chi connectivity index (χ1v) is 6.74. The van der Waals surface area contributed by atoms with Gasteiger partial charge in [-0.05, 0) is 32.4 Å². The Hall–Kier alpha value is -0.220. The van der Waals surface area contributed by atoms with Crippen LogP contribution in [0.15, 0.2) is 0 Å². The van der Waals surface area contributed by atoms with Gasteiger partial charge in [0.2, 0.25) is 5.91 Å². The fourth-order valence-corrected chi connectivity index (χ4v) is 3.12. The van der Waals surface area contributed by atoms with Crippen LogP contribution in [0.1, 0.15) is 33.1 Å². The molecule has 1 atom stereocenters. The van der Waals surface area contributed by atoms with E-state index < -0.39 is 0 Å². The van der Waals surface area contributed by atoms with E-state index in [1.54, 1.807) is 16.7 Å². The average Bonchev–Trinajstić information content (AvgIpc) is 2.26. The molecule has 0 aromatic carbocycles. The number of hydrogen-bond donors (Lipinski definition) is 1. The molecule has 1 N–H and O–H groups in total. The lowest BCUT2D eigenvalue weighted by Crippen LogP contribution is -2.44. The summed E-state index contributed by atoms with van der Waals surface area (Å²) in [4.78, 5) is 13.9. The Morgan fingerprint density at radius 1 is 1.53 bits per heavy atom. The van der Waals surface area contributed by atoms with Crippen molar-refractivity contribution in [3.05, 3.63) is 0 Å². The molecule has 15 heavy (non-hydrogen) atoms. The third-order valence-electron chi connectivity index (χ3n) is 2.70. The lowest BCUT2D eigenvalue weighted by Gasteiger charge is -2.31. The minimum atomic E-state index is 0.0569. The highest BCUT2D eigenvalue weighted by Crippen LogP contribution is 2.27. The van der Waals surface area contributed by atoms with Crippen molar-refractivity contribution in [3.63, 3.8) is 0 Å². The summed E-state index contributed by atoms with van der Waals surface area (Å²) < 4.78 is 0. The zero-order valence-electron chi connectivity index (χ0n) is 9.61. The third kappa shape index (κ3) is 3.68. The number of aliphatic hydroxyl groups is 1. The Balaban J connectivity index is 2.53. The van der Waals surface area contributed by atoms with Crippen LogP contribution in [0.5, 0.6) is 0 Å². The fourth-order valence-electron chi connectivity index (χ4n) is 1.85. The van der Waals surface area contributed by atoms with Crippen LogP contribution in [0.3, 0.4) is 0 Å². The van der Waals surface area contributed by atoms with E-state index in [1.165, 1.54) is 6.42 Å². The maximum absolute atomic E-state index is 12.1. The van der Waals surface area contributed by atoms with Crippen molar-refractivity contribution >= 4 is 17.7 Å². The molecule has 88 valence electrons. The molecule has 1 fully saturated rings. The van der Waals surface area contributed by atoms with Gasteiger partial charge in [-0.25, -0.2) is 0 Å². The second kappa shape index (κ2) is 6.38. The first kappa shape index (κ1) is 12.8. The average molecular weight is 231 g/mol. The van der Waals surface area contributed by atoms with Gasteiger partial charge in [0.15, 0.2) is 0 Å². The van der Waals surface area contributed by atoms with Crippen molar-refractivity contribution in [2.45, 2.75) is 44.4 Å². The van der Waals surface area contributed by atoms with Gasteiger partial charge in [0.1, 0.15) is 0 Å². The van der Waals surface area contributed by atoms with E-state index in [9.17, 15) is 4.79 Å². The number of carbonyl (C=O) groups excluding carboxylic acids is 1. The van der Waals surface area contributed by atoms with Gasteiger partial charge in [0.25, 0.3) is 0 Å². The highest BCUT2D eigenvalue weighted by atomic mass is 32.2. The second-order valence-corrected chi connectivity index (χ2v) is 5.51. The molecular weight excluding hydrogens is 210 g/mol. The van der Waals surface area contributed by atoms with Gasteiger partial charge in [-0.2, -0.15) is 0 Å². The van der Waals surface area contributed by atoms with Crippen molar-refractivity contribution in [2.75, 3.05) is 18.9 Å². The van der Waals surface area contributed by atoms with E-state index in [1.807, 2.05) is 13.8 Å². The third-order valence-corrected chi connectivity index (χ3v) is 4.07. The molecule has 1 saturated heterocycles. The summed E-state index contributed by atoms with van der Waals surface area (Å²) in [6, 6.07) is 0.187. The Kier molecular flexibility index (Phi) is 5.47. The van der Waals surface area contributed by atoms with Crippen molar-refractivity contribution < 1.29 is 9.90 Å². The smallest absolute Gasteiger partial charge is 0.235 e. The zero-order valence-corrected chi connectivity index (χ0v) is 10.4. The molecule has 0 aromatic rings. The summed E-state index contributed by atoms with van der Waals surface area (Å²) in [5.74, 6) is 1.31.